The molecule has 154 valence electrons. The summed E-state index contributed by atoms with van der Waals surface area (Å²) in [7, 11) is -3.60. The number of hydrogen-bond donors (Lipinski definition) is 0. The molecule has 5 nitrogen and oxygen atoms in total. The van der Waals surface area contributed by atoms with Gasteiger partial charge in [-0.05, 0) is 68.7 Å². The van der Waals surface area contributed by atoms with Gasteiger partial charge in [0, 0.05) is 30.7 Å². The van der Waals surface area contributed by atoms with Crippen molar-refractivity contribution in [2.24, 2.45) is 11.8 Å². The highest BCUT2D eigenvalue weighted by Gasteiger charge is 2.40. The summed E-state index contributed by atoms with van der Waals surface area (Å²) < 4.78 is 27.5. The topological polar surface area (TPSA) is 57.7 Å². The van der Waals surface area contributed by atoms with Gasteiger partial charge in [-0.1, -0.05) is 24.4 Å². The molecular formula is C21H29ClN2O3S. The molecule has 3 fully saturated rings. The van der Waals surface area contributed by atoms with Crippen molar-refractivity contribution in [3.05, 3.63) is 29.3 Å². The Labute approximate surface area is 173 Å². The van der Waals surface area contributed by atoms with Gasteiger partial charge in [-0.3, -0.25) is 4.79 Å². The number of nitrogens with zero attached hydrogens (tertiary/aromatic N) is 2. The molecule has 1 amide bonds. The van der Waals surface area contributed by atoms with Gasteiger partial charge in [0.1, 0.15) is 0 Å². The van der Waals surface area contributed by atoms with Crippen molar-refractivity contribution in [3.63, 3.8) is 0 Å². The lowest BCUT2D eigenvalue weighted by molar-refractivity contribution is -0.143. The summed E-state index contributed by atoms with van der Waals surface area (Å²) >= 11 is 5.90. The highest BCUT2D eigenvalue weighted by molar-refractivity contribution is 7.89. The van der Waals surface area contributed by atoms with E-state index in [9.17, 15) is 13.2 Å². The molecule has 3 atom stereocenters. The molecule has 2 saturated heterocycles. The van der Waals surface area contributed by atoms with Crippen LogP contribution < -0.4 is 0 Å². The third kappa shape index (κ3) is 3.96. The second-order valence-corrected chi connectivity index (χ2v) is 10.8. The molecule has 3 aliphatic rings. The van der Waals surface area contributed by atoms with Crippen LogP contribution in [-0.2, 0) is 14.8 Å². The second-order valence-electron chi connectivity index (χ2n) is 8.44. The van der Waals surface area contributed by atoms with Crippen molar-refractivity contribution in [2.45, 2.75) is 62.3 Å². The van der Waals surface area contributed by atoms with Gasteiger partial charge in [-0.15, -0.1) is 0 Å². The van der Waals surface area contributed by atoms with Crippen molar-refractivity contribution in [1.82, 2.24) is 9.21 Å². The van der Waals surface area contributed by atoms with Crippen LogP contribution in [0.3, 0.4) is 0 Å². The third-order valence-electron chi connectivity index (χ3n) is 6.71. The van der Waals surface area contributed by atoms with Crippen LogP contribution >= 0.6 is 11.6 Å². The lowest BCUT2D eigenvalue weighted by atomic mass is 9.77. The number of carbonyl (C=O) groups is 1. The quantitative estimate of drug-likeness (QED) is 0.738. The fourth-order valence-corrected chi connectivity index (χ4v) is 6.90. The van der Waals surface area contributed by atoms with Gasteiger partial charge < -0.3 is 4.90 Å². The highest BCUT2D eigenvalue weighted by atomic mass is 35.5. The first kappa shape index (κ1) is 20.2. The van der Waals surface area contributed by atoms with Crippen molar-refractivity contribution in [3.8, 4) is 0 Å². The van der Waals surface area contributed by atoms with E-state index in [1.165, 1.54) is 30.0 Å². The Morgan fingerprint density at radius 3 is 2.39 bits per heavy atom. The minimum atomic E-state index is -3.60. The van der Waals surface area contributed by atoms with E-state index in [0.717, 1.165) is 32.2 Å². The molecule has 0 aromatic heterocycles. The Hall–Kier alpha value is -1.11. The van der Waals surface area contributed by atoms with Gasteiger partial charge in [0.05, 0.1) is 10.8 Å². The van der Waals surface area contributed by atoms with E-state index in [0.29, 0.717) is 23.5 Å². The lowest BCUT2D eigenvalue weighted by Gasteiger charge is -2.46. The molecule has 0 bridgehead atoms. The Bertz CT molecular complexity index is 809. The molecule has 1 saturated carbocycles. The maximum atomic E-state index is 13.3. The van der Waals surface area contributed by atoms with Crippen LogP contribution in [0.25, 0.3) is 0 Å². The predicted octanol–water partition coefficient (Wildman–Crippen LogP) is 3.92. The molecule has 2 heterocycles. The van der Waals surface area contributed by atoms with Gasteiger partial charge in [0.2, 0.25) is 15.9 Å². The predicted molar refractivity (Wildman–Crippen MR) is 110 cm³/mol. The zero-order valence-corrected chi connectivity index (χ0v) is 17.8. The number of hydrogen-bond acceptors (Lipinski definition) is 3. The Kier molecular flexibility index (Phi) is 6.00. The van der Waals surface area contributed by atoms with Crippen molar-refractivity contribution >= 4 is 27.5 Å². The molecule has 4 rings (SSSR count). The molecule has 2 aliphatic heterocycles. The fraction of sp³-hybridized carbons (Fsp3) is 0.667. The van der Waals surface area contributed by atoms with Crippen molar-refractivity contribution < 1.29 is 13.2 Å². The van der Waals surface area contributed by atoms with Crippen LogP contribution in [-0.4, -0.2) is 49.2 Å². The highest BCUT2D eigenvalue weighted by Crippen LogP contribution is 2.37. The van der Waals surface area contributed by atoms with Crippen LogP contribution in [0.4, 0.5) is 0 Å². The van der Waals surface area contributed by atoms with E-state index in [-0.39, 0.29) is 23.3 Å². The van der Waals surface area contributed by atoms with Crippen LogP contribution in [0.15, 0.2) is 29.2 Å². The van der Waals surface area contributed by atoms with Crippen molar-refractivity contribution in [1.29, 1.82) is 0 Å². The van der Waals surface area contributed by atoms with Gasteiger partial charge in [0.25, 0.3) is 0 Å². The van der Waals surface area contributed by atoms with Gasteiger partial charge in [0.15, 0.2) is 0 Å². The monoisotopic (exact) mass is 424 g/mol. The van der Waals surface area contributed by atoms with Gasteiger partial charge in [-0.2, -0.15) is 4.31 Å². The van der Waals surface area contributed by atoms with Crippen LogP contribution in [0.2, 0.25) is 5.02 Å². The Morgan fingerprint density at radius 1 is 0.929 bits per heavy atom. The number of amides is 1. The summed E-state index contributed by atoms with van der Waals surface area (Å²) in [5, 5.41) is 0.512. The van der Waals surface area contributed by atoms with E-state index in [1.54, 1.807) is 24.3 Å². The fourth-order valence-electron chi connectivity index (χ4n) is 5.25. The van der Waals surface area contributed by atoms with Gasteiger partial charge >= 0.3 is 0 Å². The number of halogens is 1. The standard InChI is InChI=1S/C21H29ClN2O3S/c22-18-9-11-19(12-10-18)28(26,27)23-13-3-7-17(15-23)21(25)24-14-4-6-16-5-1-2-8-20(16)24/h9-12,16-17,20H,1-8,13-15H2/t16-,17-,20-/m1/s1. The molecule has 1 aromatic rings. The van der Waals surface area contributed by atoms with E-state index in [1.807, 2.05) is 0 Å². The molecule has 0 spiro atoms. The SMILES string of the molecule is O=C([C@@H]1CCCN(S(=O)(=O)c2ccc(Cl)cc2)C1)N1CCC[C@H]2CCCC[C@H]21. The minimum Gasteiger partial charge on any atom is -0.339 e. The Balaban J connectivity index is 1.48. The van der Waals surface area contributed by atoms with E-state index in [4.69, 9.17) is 11.6 Å². The summed E-state index contributed by atoms with van der Waals surface area (Å²) in [6.45, 7) is 1.60. The first-order chi connectivity index (χ1) is 13.5. The Morgan fingerprint density at radius 2 is 1.61 bits per heavy atom. The average molecular weight is 425 g/mol. The third-order valence-corrected chi connectivity index (χ3v) is 8.84. The number of sulfonamides is 1. The van der Waals surface area contributed by atoms with Gasteiger partial charge in [-0.25, -0.2) is 8.42 Å². The zero-order valence-electron chi connectivity index (χ0n) is 16.2. The van der Waals surface area contributed by atoms with Crippen molar-refractivity contribution in [2.75, 3.05) is 19.6 Å². The molecule has 1 aliphatic carbocycles. The first-order valence-corrected chi connectivity index (χ1v) is 12.3. The molecule has 28 heavy (non-hydrogen) atoms. The maximum absolute atomic E-state index is 13.3. The van der Waals surface area contributed by atoms with Crippen LogP contribution in [0, 0.1) is 11.8 Å². The number of benzene rings is 1. The minimum absolute atomic E-state index is 0.174. The largest absolute Gasteiger partial charge is 0.339 e. The second kappa shape index (κ2) is 8.33. The number of fused-ring (bicyclic) bond motifs is 1. The maximum Gasteiger partial charge on any atom is 0.243 e. The molecule has 0 radical (unpaired) electrons. The zero-order chi connectivity index (χ0) is 19.7. The number of piperidine rings is 2. The van der Waals surface area contributed by atoms with E-state index >= 15 is 0 Å². The normalized spacial score (nSPS) is 29.3. The number of carbonyl (C=O) groups excluding carboxylic acids is 1. The summed E-state index contributed by atoms with van der Waals surface area (Å²) in [5.41, 5.74) is 0. The molecule has 7 heteroatoms. The number of rotatable bonds is 3. The molecule has 0 unspecified atom stereocenters. The van der Waals surface area contributed by atoms with E-state index in [2.05, 4.69) is 4.90 Å². The molecular weight excluding hydrogens is 396 g/mol. The summed E-state index contributed by atoms with van der Waals surface area (Å²) in [5.74, 6) is 0.591. The van der Waals surface area contributed by atoms with Crippen LogP contribution in [0.5, 0.6) is 0 Å². The smallest absolute Gasteiger partial charge is 0.243 e. The average Bonchev–Trinajstić information content (AvgIpc) is 2.73. The number of likely N-dealkylation sites (tertiary alicyclic amines) is 1. The van der Waals surface area contributed by atoms with E-state index < -0.39 is 10.0 Å². The first-order valence-electron chi connectivity index (χ1n) is 10.5. The summed E-state index contributed by atoms with van der Waals surface area (Å²) in [6.07, 6.45) is 8.63. The molecule has 0 N–H and O–H groups in total. The lowest BCUT2D eigenvalue weighted by Crippen LogP contribution is -2.54. The molecule has 1 aromatic carbocycles. The summed E-state index contributed by atoms with van der Waals surface area (Å²) in [4.78, 5) is 15.7. The van der Waals surface area contributed by atoms with Crippen LogP contribution in [0.1, 0.15) is 51.4 Å². The summed E-state index contributed by atoms with van der Waals surface area (Å²) in [6, 6.07) is 6.65.